The summed E-state index contributed by atoms with van der Waals surface area (Å²) < 4.78 is 26.9. The largest absolute Gasteiger partial charge is 0.384 e. The SMILES string of the molecule is C=C(C)/C=C(N)\N=C(\C)CCNC(=O)[C@@H]1CCCN1C(=O)CNS(=O)(=O)Cc1ccccc1. The molecular formula is C23H33N5O4S. The van der Waals surface area contributed by atoms with Crippen molar-refractivity contribution in [3.05, 3.63) is 59.9 Å². The lowest BCUT2D eigenvalue weighted by Crippen LogP contribution is -2.49. The van der Waals surface area contributed by atoms with E-state index in [1.807, 2.05) is 13.8 Å². The number of rotatable bonds is 11. The molecule has 0 aliphatic carbocycles. The number of likely N-dealkylation sites (tertiary alicyclic amines) is 1. The third-order valence-electron chi connectivity index (χ3n) is 5.02. The van der Waals surface area contributed by atoms with Gasteiger partial charge in [0.15, 0.2) is 0 Å². The number of carbonyl (C=O) groups excluding carboxylic acids is 2. The van der Waals surface area contributed by atoms with E-state index in [1.165, 1.54) is 4.90 Å². The van der Waals surface area contributed by atoms with E-state index in [1.54, 1.807) is 36.4 Å². The molecule has 180 valence electrons. The van der Waals surface area contributed by atoms with Crippen LogP contribution in [0.25, 0.3) is 0 Å². The van der Waals surface area contributed by atoms with Crippen molar-refractivity contribution in [2.75, 3.05) is 19.6 Å². The van der Waals surface area contributed by atoms with Crippen LogP contribution in [0.2, 0.25) is 0 Å². The van der Waals surface area contributed by atoms with Crippen LogP contribution in [-0.2, 0) is 25.4 Å². The van der Waals surface area contributed by atoms with E-state index in [0.717, 1.165) is 11.3 Å². The fourth-order valence-corrected chi connectivity index (χ4v) is 4.58. The van der Waals surface area contributed by atoms with Gasteiger partial charge in [0, 0.05) is 25.2 Å². The Morgan fingerprint density at radius 2 is 1.97 bits per heavy atom. The summed E-state index contributed by atoms with van der Waals surface area (Å²) in [6, 6.07) is 8.12. The molecule has 0 spiro atoms. The molecule has 0 unspecified atom stereocenters. The van der Waals surface area contributed by atoms with Crippen LogP contribution < -0.4 is 15.8 Å². The van der Waals surface area contributed by atoms with Crippen LogP contribution in [0.5, 0.6) is 0 Å². The van der Waals surface area contributed by atoms with Gasteiger partial charge in [-0.25, -0.2) is 18.1 Å². The van der Waals surface area contributed by atoms with Crippen molar-refractivity contribution >= 4 is 27.5 Å². The first-order chi connectivity index (χ1) is 15.6. The highest BCUT2D eigenvalue weighted by Crippen LogP contribution is 2.17. The lowest BCUT2D eigenvalue weighted by atomic mass is 10.2. The van der Waals surface area contributed by atoms with Gasteiger partial charge in [-0.3, -0.25) is 9.59 Å². The smallest absolute Gasteiger partial charge is 0.242 e. The predicted molar refractivity (Wildman–Crippen MR) is 130 cm³/mol. The maximum atomic E-state index is 12.6. The molecule has 1 heterocycles. The van der Waals surface area contributed by atoms with E-state index in [-0.39, 0.29) is 18.2 Å². The van der Waals surface area contributed by atoms with Crippen molar-refractivity contribution in [1.29, 1.82) is 0 Å². The summed E-state index contributed by atoms with van der Waals surface area (Å²) in [5.74, 6) is -0.530. The molecule has 0 radical (unpaired) electrons. The lowest BCUT2D eigenvalue weighted by Gasteiger charge is -2.24. The summed E-state index contributed by atoms with van der Waals surface area (Å²) in [4.78, 5) is 30.9. The minimum Gasteiger partial charge on any atom is -0.384 e. The molecule has 0 aromatic heterocycles. The molecule has 1 aliphatic rings. The number of nitrogens with one attached hydrogen (secondary N) is 2. The van der Waals surface area contributed by atoms with Crippen LogP contribution >= 0.6 is 0 Å². The summed E-state index contributed by atoms with van der Waals surface area (Å²) in [6.07, 6.45) is 3.40. The maximum Gasteiger partial charge on any atom is 0.242 e. The fraction of sp³-hybridized carbons (Fsp3) is 0.435. The highest BCUT2D eigenvalue weighted by Gasteiger charge is 2.34. The number of sulfonamides is 1. The van der Waals surface area contributed by atoms with Crippen LogP contribution in [-0.4, -0.2) is 56.5 Å². The molecule has 33 heavy (non-hydrogen) atoms. The molecule has 1 aliphatic heterocycles. The number of nitrogens with two attached hydrogens (primary N) is 1. The van der Waals surface area contributed by atoms with Crippen LogP contribution in [0.1, 0.15) is 38.7 Å². The van der Waals surface area contributed by atoms with Crippen molar-refractivity contribution in [3.8, 4) is 0 Å². The molecule has 1 fully saturated rings. The van der Waals surface area contributed by atoms with Crippen molar-refractivity contribution in [1.82, 2.24) is 14.9 Å². The average molecular weight is 476 g/mol. The van der Waals surface area contributed by atoms with Crippen LogP contribution in [0.3, 0.4) is 0 Å². The highest BCUT2D eigenvalue weighted by molar-refractivity contribution is 7.88. The molecular weight excluding hydrogens is 442 g/mol. The van der Waals surface area contributed by atoms with Crippen molar-refractivity contribution in [2.24, 2.45) is 10.7 Å². The fourth-order valence-electron chi connectivity index (χ4n) is 3.50. The second-order valence-electron chi connectivity index (χ2n) is 8.11. The Bertz CT molecular complexity index is 1020. The van der Waals surface area contributed by atoms with Gasteiger partial charge in [-0.2, -0.15) is 0 Å². The summed E-state index contributed by atoms with van der Waals surface area (Å²) in [5.41, 5.74) is 7.98. The molecule has 0 saturated carbocycles. The second-order valence-corrected chi connectivity index (χ2v) is 9.92. The lowest BCUT2D eigenvalue weighted by molar-refractivity contribution is -0.137. The minimum atomic E-state index is -3.67. The van der Waals surface area contributed by atoms with Gasteiger partial charge < -0.3 is 16.0 Å². The Morgan fingerprint density at radius 3 is 2.64 bits per heavy atom. The van der Waals surface area contributed by atoms with Gasteiger partial charge in [-0.1, -0.05) is 42.5 Å². The van der Waals surface area contributed by atoms with Crippen LogP contribution in [0, 0.1) is 0 Å². The first kappa shape index (κ1) is 26.3. The molecule has 1 saturated heterocycles. The van der Waals surface area contributed by atoms with Crippen molar-refractivity contribution in [2.45, 2.75) is 44.9 Å². The zero-order valence-corrected chi connectivity index (χ0v) is 20.0. The molecule has 2 rings (SSSR count). The van der Waals surface area contributed by atoms with Gasteiger partial charge in [-0.15, -0.1) is 0 Å². The predicted octanol–water partition coefficient (Wildman–Crippen LogP) is 1.44. The van der Waals surface area contributed by atoms with Gasteiger partial charge in [0.05, 0.1) is 12.3 Å². The maximum absolute atomic E-state index is 12.6. The Balaban J connectivity index is 1.84. The van der Waals surface area contributed by atoms with Crippen molar-refractivity contribution < 1.29 is 18.0 Å². The third kappa shape index (κ3) is 9.19. The number of benzene rings is 1. The number of hydrogen-bond donors (Lipinski definition) is 3. The monoisotopic (exact) mass is 475 g/mol. The first-order valence-electron chi connectivity index (χ1n) is 10.8. The van der Waals surface area contributed by atoms with Gasteiger partial charge in [0.25, 0.3) is 0 Å². The quantitative estimate of drug-likeness (QED) is 0.329. The van der Waals surface area contributed by atoms with Crippen molar-refractivity contribution in [3.63, 3.8) is 0 Å². The zero-order valence-electron chi connectivity index (χ0n) is 19.2. The van der Waals surface area contributed by atoms with Crippen LogP contribution in [0.15, 0.2) is 59.4 Å². The van der Waals surface area contributed by atoms with Crippen LogP contribution in [0.4, 0.5) is 0 Å². The van der Waals surface area contributed by atoms with Gasteiger partial charge in [0.1, 0.15) is 11.9 Å². The highest BCUT2D eigenvalue weighted by atomic mass is 32.2. The Labute approximate surface area is 195 Å². The normalized spacial score (nSPS) is 17.2. The number of allylic oxidation sites excluding steroid dienone is 2. The number of amides is 2. The van der Waals surface area contributed by atoms with Gasteiger partial charge in [0.2, 0.25) is 21.8 Å². The second kappa shape index (κ2) is 12.3. The van der Waals surface area contributed by atoms with E-state index in [2.05, 4.69) is 21.6 Å². The number of nitrogens with zero attached hydrogens (tertiary/aromatic N) is 2. The van der Waals surface area contributed by atoms with E-state index < -0.39 is 22.0 Å². The average Bonchev–Trinajstić information content (AvgIpc) is 3.22. The number of aliphatic imine (C=N–C) groups is 1. The Hall–Kier alpha value is -2.98. The summed E-state index contributed by atoms with van der Waals surface area (Å²) >= 11 is 0. The topological polar surface area (TPSA) is 134 Å². The Morgan fingerprint density at radius 1 is 1.27 bits per heavy atom. The van der Waals surface area contributed by atoms with Gasteiger partial charge >= 0.3 is 0 Å². The molecule has 1 aromatic rings. The Kier molecular flexibility index (Phi) is 9.80. The van der Waals surface area contributed by atoms with Gasteiger partial charge in [-0.05, 0) is 38.3 Å². The molecule has 0 bridgehead atoms. The molecule has 9 nitrogen and oxygen atoms in total. The third-order valence-corrected chi connectivity index (χ3v) is 6.32. The van der Waals surface area contributed by atoms with E-state index in [0.29, 0.717) is 43.7 Å². The summed E-state index contributed by atoms with van der Waals surface area (Å²) in [7, 11) is -3.67. The molecule has 1 aromatic carbocycles. The number of hydrogen-bond acceptors (Lipinski definition) is 6. The van der Waals surface area contributed by atoms with E-state index in [9.17, 15) is 18.0 Å². The molecule has 1 atom stereocenters. The standard InChI is InChI=1S/C23H33N5O4S/c1-17(2)14-21(24)27-18(3)11-12-25-23(30)20-10-7-13-28(20)22(29)15-26-33(31,32)16-19-8-5-4-6-9-19/h4-6,8-9,14,20,26H,1,7,10-13,15-16,24H2,2-3H3,(H,25,30)/b21-14-,27-18-/t20-/m0/s1. The minimum absolute atomic E-state index is 0.210. The summed E-state index contributed by atoms with van der Waals surface area (Å²) in [6.45, 7) is 7.78. The summed E-state index contributed by atoms with van der Waals surface area (Å²) in [5, 5.41) is 2.83. The van der Waals surface area contributed by atoms with E-state index >= 15 is 0 Å². The molecule has 4 N–H and O–H groups in total. The van der Waals surface area contributed by atoms with E-state index in [4.69, 9.17) is 5.73 Å². The first-order valence-corrected chi connectivity index (χ1v) is 12.5. The molecule has 10 heteroatoms. The number of carbonyl (C=O) groups is 2. The molecule has 2 amide bonds. The zero-order chi connectivity index (χ0) is 24.4.